The van der Waals surface area contributed by atoms with E-state index in [0.29, 0.717) is 0 Å². The average molecular weight is 224 g/mol. The summed E-state index contributed by atoms with van der Waals surface area (Å²) in [5, 5.41) is 0. The van der Waals surface area contributed by atoms with Crippen molar-refractivity contribution in [3.05, 3.63) is 72.2 Å². The molecule has 1 aromatic carbocycles. The largest absolute Gasteiger partial charge is 0.207 e. The SMILES string of the molecule is C=C[Si](C#Cc1ccc(C)cc1)(C=C)C=C. The van der Waals surface area contributed by atoms with E-state index in [-0.39, 0.29) is 0 Å². The molecular weight excluding hydrogens is 208 g/mol. The molecule has 0 fully saturated rings. The fraction of sp³-hybridized carbons (Fsp3) is 0.0667. The van der Waals surface area contributed by atoms with Crippen molar-refractivity contribution in [1.82, 2.24) is 0 Å². The summed E-state index contributed by atoms with van der Waals surface area (Å²) in [5.41, 5.74) is 11.2. The predicted octanol–water partition coefficient (Wildman–Crippen LogP) is 3.51. The maximum atomic E-state index is 3.82. The number of hydrogen-bond donors (Lipinski definition) is 0. The van der Waals surface area contributed by atoms with Crippen LogP contribution in [0.2, 0.25) is 0 Å². The van der Waals surface area contributed by atoms with Gasteiger partial charge in [-0.15, -0.1) is 25.3 Å². The summed E-state index contributed by atoms with van der Waals surface area (Å²) >= 11 is 0. The number of hydrogen-bond acceptors (Lipinski definition) is 0. The van der Waals surface area contributed by atoms with Gasteiger partial charge in [-0.1, -0.05) is 40.7 Å². The van der Waals surface area contributed by atoms with E-state index in [1.54, 1.807) is 0 Å². The molecule has 1 heteroatoms. The molecule has 1 rings (SSSR count). The Morgan fingerprint density at radius 3 is 1.94 bits per heavy atom. The summed E-state index contributed by atoms with van der Waals surface area (Å²) in [7, 11) is -1.98. The molecular formula is C15H16Si. The Kier molecular flexibility index (Phi) is 4.10. The highest BCUT2D eigenvalue weighted by Gasteiger charge is 2.17. The smallest absolute Gasteiger partial charge is 0.111 e. The molecule has 0 heterocycles. The molecule has 80 valence electrons. The van der Waals surface area contributed by atoms with E-state index in [0.717, 1.165) is 5.56 Å². The molecule has 0 radical (unpaired) electrons. The zero-order chi connectivity index (χ0) is 12.0. The van der Waals surface area contributed by atoms with Gasteiger partial charge in [0, 0.05) is 5.56 Å². The summed E-state index contributed by atoms with van der Waals surface area (Å²) in [6, 6.07) is 8.17. The zero-order valence-corrected chi connectivity index (χ0v) is 10.7. The van der Waals surface area contributed by atoms with Gasteiger partial charge in [-0.2, -0.15) is 0 Å². The lowest BCUT2D eigenvalue weighted by atomic mass is 10.2. The highest BCUT2D eigenvalue weighted by molar-refractivity contribution is 6.99. The van der Waals surface area contributed by atoms with E-state index < -0.39 is 8.07 Å². The van der Waals surface area contributed by atoms with Gasteiger partial charge in [-0.3, -0.25) is 0 Å². The maximum absolute atomic E-state index is 3.82. The van der Waals surface area contributed by atoms with Gasteiger partial charge in [0.2, 0.25) is 8.07 Å². The Balaban J connectivity index is 3.04. The fourth-order valence-corrected chi connectivity index (χ4v) is 2.39. The Bertz CT molecular complexity index is 433. The van der Waals surface area contributed by atoms with Gasteiger partial charge in [0.05, 0.1) is 0 Å². The summed E-state index contributed by atoms with van der Waals surface area (Å²) in [4.78, 5) is 0. The highest BCUT2D eigenvalue weighted by atomic mass is 28.3. The molecule has 0 saturated heterocycles. The molecule has 16 heavy (non-hydrogen) atoms. The van der Waals surface area contributed by atoms with Gasteiger partial charge >= 0.3 is 0 Å². The third-order valence-electron chi connectivity index (χ3n) is 2.49. The quantitative estimate of drug-likeness (QED) is 0.544. The molecule has 0 unspecified atom stereocenters. The lowest BCUT2D eigenvalue weighted by Gasteiger charge is -2.09. The normalized spacial score (nSPS) is 9.81. The number of rotatable bonds is 3. The molecule has 0 nitrogen and oxygen atoms in total. The van der Waals surface area contributed by atoms with Crippen molar-refractivity contribution in [3.8, 4) is 11.5 Å². The third-order valence-corrected chi connectivity index (χ3v) is 5.07. The van der Waals surface area contributed by atoms with Gasteiger partial charge in [0.15, 0.2) is 0 Å². The average Bonchev–Trinajstić information content (AvgIpc) is 2.34. The van der Waals surface area contributed by atoms with Crippen molar-refractivity contribution in [2.75, 3.05) is 0 Å². The van der Waals surface area contributed by atoms with Gasteiger partial charge in [-0.05, 0) is 19.1 Å². The van der Waals surface area contributed by atoms with Crippen molar-refractivity contribution in [2.24, 2.45) is 0 Å². The first-order chi connectivity index (χ1) is 7.65. The Labute approximate surface area is 99.0 Å². The molecule has 0 atom stereocenters. The summed E-state index contributed by atoms with van der Waals surface area (Å²) in [6.45, 7) is 13.5. The fourth-order valence-electron chi connectivity index (χ4n) is 1.22. The van der Waals surface area contributed by atoms with Crippen LogP contribution in [0.15, 0.2) is 61.1 Å². The van der Waals surface area contributed by atoms with Crippen LogP contribution in [0.4, 0.5) is 0 Å². The van der Waals surface area contributed by atoms with Crippen LogP contribution in [0.3, 0.4) is 0 Å². The lowest BCUT2D eigenvalue weighted by molar-refractivity contribution is 1.46. The second-order valence-electron chi connectivity index (χ2n) is 3.66. The first kappa shape index (κ1) is 12.3. The Morgan fingerprint density at radius 1 is 1.00 bits per heavy atom. The third kappa shape index (κ3) is 2.85. The lowest BCUT2D eigenvalue weighted by Crippen LogP contribution is -2.24. The van der Waals surface area contributed by atoms with E-state index in [1.807, 2.05) is 29.2 Å². The Morgan fingerprint density at radius 2 is 1.50 bits per heavy atom. The van der Waals surface area contributed by atoms with Crippen LogP contribution in [0.25, 0.3) is 0 Å². The van der Waals surface area contributed by atoms with E-state index in [1.165, 1.54) is 5.56 Å². The minimum atomic E-state index is -1.98. The first-order valence-electron chi connectivity index (χ1n) is 5.16. The van der Waals surface area contributed by atoms with Gasteiger partial charge < -0.3 is 0 Å². The molecule has 0 amide bonds. The molecule has 0 bridgehead atoms. The Hall–Kier alpha value is -1.78. The van der Waals surface area contributed by atoms with E-state index in [2.05, 4.69) is 50.3 Å². The van der Waals surface area contributed by atoms with Crippen LogP contribution in [0.1, 0.15) is 11.1 Å². The molecule has 1 aromatic rings. The molecule has 0 aliphatic heterocycles. The molecule has 0 aliphatic rings. The van der Waals surface area contributed by atoms with Crippen LogP contribution in [0, 0.1) is 18.4 Å². The van der Waals surface area contributed by atoms with Crippen molar-refractivity contribution in [1.29, 1.82) is 0 Å². The number of benzene rings is 1. The maximum Gasteiger partial charge on any atom is 0.207 e. The monoisotopic (exact) mass is 224 g/mol. The zero-order valence-electron chi connectivity index (χ0n) is 9.66. The van der Waals surface area contributed by atoms with Crippen molar-refractivity contribution in [3.63, 3.8) is 0 Å². The second-order valence-corrected chi connectivity index (χ2v) is 7.00. The predicted molar refractivity (Wildman–Crippen MR) is 74.4 cm³/mol. The van der Waals surface area contributed by atoms with Crippen LogP contribution in [-0.4, -0.2) is 8.07 Å². The molecule has 0 N–H and O–H groups in total. The second kappa shape index (κ2) is 5.34. The van der Waals surface area contributed by atoms with Crippen molar-refractivity contribution >= 4 is 8.07 Å². The van der Waals surface area contributed by atoms with E-state index in [4.69, 9.17) is 0 Å². The molecule has 0 saturated carbocycles. The molecule has 0 aromatic heterocycles. The molecule has 0 aliphatic carbocycles. The van der Waals surface area contributed by atoms with E-state index >= 15 is 0 Å². The topological polar surface area (TPSA) is 0 Å². The van der Waals surface area contributed by atoms with Crippen LogP contribution in [-0.2, 0) is 0 Å². The standard InChI is InChI=1S/C15H16Si/c1-5-16(6-2,7-3)13-12-15-10-8-14(4)9-11-15/h5-11H,1-3H2,4H3. The van der Waals surface area contributed by atoms with Crippen molar-refractivity contribution < 1.29 is 0 Å². The van der Waals surface area contributed by atoms with Crippen LogP contribution < -0.4 is 0 Å². The van der Waals surface area contributed by atoms with Crippen LogP contribution >= 0.6 is 0 Å². The minimum Gasteiger partial charge on any atom is -0.111 e. The van der Waals surface area contributed by atoms with Gasteiger partial charge in [-0.25, -0.2) is 0 Å². The molecule has 0 spiro atoms. The minimum absolute atomic E-state index is 1.02. The summed E-state index contributed by atoms with van der Waals surface area (Å²) in [6.07, 6.45) is 0. The summed E-state index contributed by atoms with van der Waals surface area (Å²) in [5.74, 6) is 3.16. The van der Waals surface area contributed by atoms with Gasteiger partial charge in [0.1, 0.15) is 0 Å². The van der Waals surface area contributed by atoms with Gasteiger partial charge in [0.25, 0.3) is 0 Å². The van der Waals surface area contributed by atoms with E-state index in [9.17, 15) is 0 Å². The van der Waals surface area contributed by atoms with Crippen LogP contribution in [0.5, 0.6) is 0 Å². The first-order valence-corrected chi connectivity index (χ1v) is 7.39. The number of aryl methyl sites for hydroxylation is 1. The highest BCUT2D eigenvalue weighted by Crippen LogP contribution is 2.07. The summed E-state index contributed by atoms with van der Waals surface area (Å²) < 4.78 is 0. The van der Waals surface area contributed by atoms with Crippen molar-refractivity contribution in [2.45, 2.75) is 6.92 Å².